The highest BCUT2D eigenvalue weighted by atomic mass is 32.2. The summed E-state index contributed by atoms with van der Waals surface area (Å²) < 4.78 is 40.7. The Bertz CT molecular complexity index is 1190. The monoisotopic (exact) mass is 489 g/mol. The number of thioether (sulfide) groups is 1. The van der Waals surface area contributed by atoms with Gasteiger partial charge >= 0.3 is 0 Å². The third-order valence-electron chi connectivity index (χ3n) is 5.62. The third kappa shape index (κ3) is 5.78. The van der Waals surface area contributed by atoms with Crippen LogP contribution in [0, 0.1) is 6.92 Å². The van der Waals surface area contributed by atoms with E-state index >= 15 is 0 Å². The Hall–Kier alpha value is -1.91. The maximum atomic E-state index is 13.1. The van der Waals surface area contributed by atoms with Gasteiger partial charge in [0.2, 0.25) is 10.0 Å². The number of imidazole rings is 1. The molecule has 0 N–H and O–H groups in total. The molecule has 178 valence electrons. The van der Waals surface area contributed by atoms with Crippen LogP contribution < -0.4 is 0 Å². The Kier molecular flexibility index (Phi) is 8.08. The molecule has 1 fully saturated rings. The number of hydrogen-bond donors (Lipinski definition) is 0. The van der Waals surface area contributed by atoms with E-state index in [2.05, 4.69) is 35.8 Å². The van der Waals surface area contributed by atoms with Gasteiger partial charge in [-0.15, -0.1) is 0 Å². The predicted octanol–water partition coefficient (Wildman–Crippen LogP) is 4.08. The summed E-state index contributed by atoms with van der Waals surface area (Å²) in [6.45, 7) is 7.84. The van der Waals surface area contributed by atoms with Crippen molar-refractivity contribution in [3.63, 3.8) is 0 Å². The molecule has 9 heteroatoms. The molecule has 1 aromatic heterocycles. The number of hydrogen-bond acceptors (Lipinski definition) is 6. The number of morpholine rings is 1. The number of fused-ring (bicyclic) bond motifs is 1. The van der Waals surface area contributed by atoms with Crippen molar-refractivity contribution in [2.45, 2.75) is 42.6 Å². The van der Waals surface area contributed by atoms with Gasteiger partial charge in [-0.3, -0.25) is 0 Å². The lowest BCUT2D eigenvalue weighted by molar-refractivity contribution is 0.0730. The first kappa shape index (κ1) is 24.2. The van der Waals surface area contributed by atoms with Crippen molar-refractivity contribution in [2.75, 3.05) is 39.5 Å². The highest BCUT2D eigenvalue weighted by molar-refractivity contribution is 7.98. The molecule has 0 saturated carbocycles. The van der Waals surface area contributed by atoms with Crippen molar-refractivity contribution in [1.82, 2.24) is 13.9 Å². The molecule has 3 aromatic rings. The van der Waals surface area contributed by atoms with E-state index < -0.39 is 10.0 Å². The second kappa shape index (κ2) is 11.0. The second-order valence-corrected chi connectivity index (χ2v) is 10.9. The standard InChI is InChI=1S/C24H31N3O4S2/c1-3-30-13-5-10-27-23-9-8-21(33(28,29)26-11-14-31-15-12-26)17-22(23)25-24(27)32-18-20-7-4-6-19(2)16-20/h4,6-9,16-17H,3,5,10-15,18H2,1-2H3. The molecule has 0 radical (unpaired) electrons. The van der Waals surface area contributed by atoms with Crippen LogP contribution in [0.2, 0.25) is 0 Å². The second-order valence-electron chi connectivity index (χ2n) is 8.04. The molecule has 0 aliphatic carbocycles. The van der Waals surface area contributed by atoms with Crippen LogP contribution in [0.25, 0.3) is 11.0 Å². The molecule has 2 heterocycles. The molecule has 0 atom stereocenters. The van der Waals surface area contributed by atoms with Crippen LogP contribution in [0.4, 0.5) is 0 Å². The van der Waals surface area contributed by atoms with E-state index in [0.29, 0.717) is 45.0 Å². The van der Waals surface area contributed by atoms with Gasteiger partial charge in [-0.25, -0.2) is 13.4 Å². The topological polar surface area (TPSA) is 73.7 Å². The zero-order valence-electron chi connectivity index (χ0n) is 19.2. The molecule has 1 aliphatic rings. The molecule has 7 nitrogen and oxygen atoms in total. The fourth-order valence-electron chi connectivity index (χ4n) is 3.93. The highest BCUT2D eigenvalue weighted by Gasteiger charge is 2.27. The molecule has 0 unspecified atom stereocenters. The van der Waals surface area contributed by atoms with Gasteiger partial charge in [-0.05, 0) is 44.0 Å². The molecule has 0 amide bonds. The first-order chi connectivity index (χ1) is 16.0. The summed E-state index contributed by atoms with van der Waals surface area (Å²) in [5, 5.41) is 0.893. The Balaban J connectivity index is 1.63. The minimum atomic E-state index is -3.56. The first-order valence-corrected chi connectivity index (χ1v) is 13.8. The number of aryl methyl sites for hydroxylation is 2. The van der Waals surface area contributed by atoms with E-state index in [0.717, 1.165) is 29.4 Å². The van der Waals surface area contributed by atoms with Gasteiger partial charge in [0, 0.05) is 38.6 Å². The van der Waals surface area contributed by atoms with Crippen molar-refractivity contribution >= 4 is 32.8 Å². The summed E-state index contributed by atoms with van der Waals surface area (Å²) in [5.74, 6) is 0.801. The number of ether oxygens (including phenoxy) is 2. The summed E-state index contributed by atoms with van der Waals surface area (Å²) in [6, 6.07) is 13.7. The van der Waals surface area contributed by atoms with E-state index in [-0.39, 0.29) is 4.90 Å². The largest absolute Gasteiger partial charge is 0.382 e. The van der Waals surface area contributed by atoms with Crippen LogP contribution in [-0.2, 0) is 31.8 Å². The molecule has 2 aromatic carbocycles. The quantitative estimate of drug-likeness (QED) is 0.316. The Labute approximate surface area is 200 Å². The summed E-state index contributed by atoms with van der Waals surface area (Å²) >= 11 is 1.67. The van der Waals surface area contributed by atoms with Gasteiger partial charge in [0.05, 0.1) is 29.1 Å². The van der Waals surface area contributed by atoms with Crippen LogP contribution >= 0.6 is 11.8 Å². The minimum Gasteiger partial charge on any atom is -0.382 e. The SMILES string of the molecule is CCOCCCn1c(SCc2cccc(C)c2)nc2cc(S(=O)(=O)N3CCOCC3)ccc21. The van der Waals surface area contributed by atoms with Gasteiger partial charge in [-0.1, -0.05) is 41.6 Å². The first-order valence-electron chi connectivity index (χ1n) is 11.3. The van der Waals surface area contributed by atoms with E-state index in [9.17, 15) is 8.42 Å². The van der Waals surface area contributed by atoms with Crippen molar-refractivity contribution in [1.29, 1.82) is 0 Å². The van der Waals surface area contributed by atoms with Gasteiger partial charge < -0.3 is 14.0 Å². The van der Waals surface area contributed by atoms with E-state index in [1.807, 2.05) is 13.0 Å². The maximum Gasteiger partial charge on any atom is 0.243 e. The van der Waals surface area contributed by atoms with Gasteiger partial charge in [0.25, 0.3) is 0 Å². The van der Waals surface area contributed by atoms with Crippen LogP contribution in [0.15, 0.2) is 52.5 Å². The Morgan fingerprint density at radius 2 is 1.97 bits per heavy atom. The zero-order chi connectivity index (χ0) is 23.3. The average Bonchev–Trinajstić information content (AvgIpc) is 3.18. The molecule has 0 spiro atoms. The lowest BCUT2D eigenvalue weighted by Gasteiger charge is -2.26. The summed E-state index contributed by atoms with van der Waals surface area (Å²) in [4.78, 5) is 5.13. The molecule has 33 heavy (non-hydrogen) atoms. The number of aromatic nitrogens is 2. The Morgan fingerprint density at radius 1 is 1.15 bits per heavy atom. The minimum absolute atomic E-state index is 0.283. The number of nitrogens with zero attached hydrogens (tertiary/aromatic N) is 3. The Morgan fingerprint density at radius 3 is 2.73 bits per heavy atom. The third-order valence-corrected chi connectivity index (χ3v) is 8.56. The smallest absolute Gasteiger partial charge is 0.243 e. The van der Waals surface area contributed by atoms with Crippen LogP contribution in [-0.4, -0.2) is 61.8 Å². The number of benzene rings is 2. The maximum absolute atomic E-state index is 13.1. The van der Waals surface area contributed by atoms with Crippen molar-refractivity contribution in [3.05, 3.63) is 53.6 Å². The van der Waals surface area contributed by atoms with Crippen molar-refractivity contribution in [3.8, 4) is 0 Å². The molecule has 4 rings (SSSR count). The lowest BCUT2D eigenvalue weighted by atomic mass is 10.2. The number of rotatable bonds is 10. The normalized spacial score (nSPS) is 15.3. The highest BCUT2D eigenvalue weighted by Crippen LogP contribution is 2.29. The molecular weight excluding hydrogens is 458 g/mol. The summed E-state index contributed by atoms with van der Waals surface area (Å²) in [7, 11) is -3.56. The average molecular weight is 490 g/mol. The fourth-order valence-corrected chi connectivity index (χ4v) is 6.34. The molecular formula is C24H31N3O4S2. The van der Waals surface area contributed by atoms with Gasteiger partial charge in [-0.2, -0.15) is 4.31 Å². The summed E-state index contributed by atoms with van der Waals surface area (Å²) in [5.41, 5.74) is 4.12. The van der Waals surface area contributed by atoms with Crippen LogP contribution in [0.1, 0.15) is 24.5 Å². The van der Waals surface area contributed by atoms with E-state index in [1.54, 1.807) is 23.9 Å². The van der Waals surface area contributed by atoms with Gasteiger partial charge in [0.15, 0.2) is 5.16 Å². The van der Waals surface area contributed by atoms with Crippen LogP contribution in [0.3, 0.4) is 0 Å². The van der Waals surface area contributed by atoms with Crippen molar-refractivity contribution in [2.24, 2.45) is 0 Å². The number of sulfonamides is 1. The fraction of sp³-hybridized carbons (Fsp3) is 0.458. The molecule has 1 saturated heterocycles. The summed E-state index contributed by atoms with van der Waals surface area (Å²) in [6.07, 6.45) is 0.866. The van der Waals surface area contributed by atoms with Crippen molar-refractivity contribution < 1.29 is 17.9 Å². The lowest BCUT2D eigenvalue weighted by Crippen LogP contribution is -2.40. The predicted molar refractivity (Wildman–Crippen MR) is 131 cm³/mol. The van der Waals surface area contributed by atoms with Gasteiger partial charge in [0.1, 0.15) is 0 Å². The van der Waals surface area contributed by atoms with E-state index in [1.165, 1.54) is 15.4 Å². The van der Waals surface area contributed by atoms with E-state index in [4.69, 9.17) is 14.5 Å². The molecule has 1 aliphatic heterocycles. The zero-order valence-corrected chi connectivity index (χ0v) is 20.8. The molecule has 0 bridgehead atoms. The van der Waals surface area contributed by atoms with Crippen LogP contribution in [0.5, 0.6) is 0 Å².